The SMILES string of the molecule is CC(C)N(C(=O)OC(=C=CC(C)(C)C)C(C)(C)O)C(C)C. The van der Waals surface area contributed by atoms with Crippen LogP contribution >= 0.6 is 0 Å². The van der Waals surface area contributed by atoms with E-state index in [0.717, 1.165) is 0 Å². The summed E-state index contributed by atoms with van der Waals surface area (Å²) in [6.45, 7) is 16.9. The van der Waals surface area contributed by atoms with Crippen molar-refractivity contribution in [3.63, 3.8) is 0 Å². The Morgan fingerprint density at radius 1 is 1.10 bits per heavy atom. The lowest BCUT2D eigenvalue weighted by Gasteiger charge is -2.31. The molecular weight excluding hydrogens is 266 g/mol. The zero-order valence-electron chi connectivity index (χ0n) is 14.9. The third kappa shape index (κ3) is 7.35. The third-order valence-electron chi connectivity index (χ3n) is 2.70. The maximum absolute atomic E-state index is 12.3. The Morgan fingerprint density at radius 3 is 1.81 bits per heavy atom. The molecule has 1 amide bonds. The smallest absolute Gasteiger partial charge is 0.403 e. The van der Waals surface area contributed by atoms with Crippen LogP contribution in [0.1, 0.15) is 62.3 Å². The zero-order valence-corrected chi connectivity index (χ0v) is 14.9. The van der Waals surface area contributed by atoms with E-state index in [1.807, 2.05) is 48.5 Å². The fraction of sp³-hybridized carbons (Fsp3) is 0.765. The fourth-order valence-electron chi connectivity index (χ4n) is 1.77. The largest absolute Gasteiger partial charge is 0.416 e. The molecule has 0 aromatic heterocycles. The molecule has 0 saturated carbocycles. The number of aliphatic hydroxyl groups is 1. The summed E-state index contributed by atoms with van der Waals surface area (Å²) in [5, 5.41) is 10.2. The highest BCUT2D eigenvalue weighted by atomic mass is 16.6. The molecule has 0 fully saturated rings. The van der Waals surface area contributed by atoms with Crippen molar-refractivity contribution in [2.75, 3.05) is 0 Å². The summed E-state index contributed by atoms with van der Waals surface area (Å²) < 4.78 is 5.41. The minimum Gasteiger partial charge on any atom is -0.403 e. The van der Waals surface area contributed by atoms with Crippen LogP contribution < -0.4 is 0 Å². The van der Waals surface area contributed by atoms with Crippen LogP contribution in [0.3, 0.4) is 0 Å². The van der Waals surface area contributed by atoms with Crippen LogP contribution in [-0.4, -0.2) is 33.8 Å². The van der Waals surface area contributed by atoms with Gasteiger partial charge in [-0.3, -0.25) is 0 Å². The van der Waals surface area contributed by atoms with Crippen LogP contribution in [0.4, 0.5) is 4.79 Å². The van der Waals surface area contributed by atoms with Crippen molar-refractivity contribution in [3.05, 3.63) is 17.6 Å². The molecule has 0 saturated heterocycles. The monoisotopic (exact) mass is 297 g/mol. The molecule has 0 unspecified atom stereocenters. The van der Waals surface area contributed by atoms with Gasteiger partial charge in [0.2, 0.25) is 0 Å². The van der Waals surface area contributed by atoms with Crippen molar-refractivity contribution in [2.24, 2.45) is 5.41 Å². The first-order valence-electron chi connectivity index (χ1n) is 7.46. The van der Waals surface area contributed by atoms with E-state index >= 15 is 0 Å². The van der Waals surface area contributed by atoms with E-state index in [-0.39, 0.29) is 23.3 Å². The highest BCUT2D eigenvalue weighted by Gasteiger charge is 2.28. The van der Waals surface area contributed by atoms with E-state index in [9.17, 15) is 9.90 Å². The average Bonchev–Trinajstić information content (AvgIpc) is 2.19. The summed E-state index contributed by atoms with van der Waals surface area (Å²) in [6.07, 6.45) is 1.33. The minimum atomic E-state index is -1.27. The quantitative estimate of drug-likeness (QED) is 0.628. The highest BCUT2D eigenvalue weighted by Crippen LogP contribution is 2.21. The van der Waals surface area contributed by atoms with Gasteiger partial charge in [-0.05, 0) is 53.0 Å². The van der Waals surface area contributed by atoms with Crippen molar-refractivity contribution in [1.29, 1.82) is 0 Å². The summed E-state index contributed by atoms with van der Waals surface area (Å²) >= 11 is 0. The second kappa shape index (κ2) is 7.15. The molecule has 0 spiro atoms. The number of hydrogen-bond donors (Lipinski definition) is 1. The van der Waals surface area contributed by atoms with Gasteiger partial charge in [0.05, 0.1) is 0 Å². The molecule has 0 aromatic carbocycles. The van der Waals surface area contributed by atoms with Crippen molar-refractivity contribution in [1.82, 2.24) is 4.90 Å². The Labute approximate surface area is 129 Å². The maximum Gasteiger partial charge on any atom is 0.416 e. The molecule has 0 aliphatic heterocycles. The van der Waals surface area contributed by atoms with Gasteiger partial charge < -0.3 is 14.7 Å². The number of carbonyl (C=O) groups excluding carboxylic acids is 1. The van der Waals surface area contributed by atoms with Crippen LogP contribution in [0, 0.1) is 5.41 Å². The van der Waals surface area contributed by atoms with Crippen molar-refractivity contribution >= 4 is 6.09 Å². The first kappa shape index (κ1) is 19.8. The normalized spacial score (nSPS) is 12.2. The van der Waals surface area contributed by atoms with Crippen LogP contribution in [-0.2, 0) is 4.74 Å². The Bertz CT molecular complexity index is 408. The van der Waals surface area contributed by atoms with Gasteiger partial charge >= 0.3 is 6.09 Å². The molecule has 4 heteroatoms. The molecule has 122 valence electrons. The molecular formula is C17H31NO3. The molecule has 1 N–H and O–H groups in total. The molecule has 0 rings (SSSR count). The number of rotatable bonds is 4. The highest BCUT2D eigenvalue weighted by molar-refractivity contribution is 5.69. The summed E-state index contributed by atoms with van der Waals surface area (Å²) in [6, 6.07) is 0.0410. The fourth-order valence-corrected chi connectivity index (χ4v) is 1.77. The topological polar surface area (TPSA) is 49.8 Å². The number of amides is 1. The lowest BCUT2D eigenvalue weighted by molar-refractivity contribution is 0.0379. The van der Waals surface area contributed by atoms with Crippen molar-refractivity contribution in [2.45, 2.75) is 80.0 Å². The summed E-state index contributed by atoms with van der Waals surface area (Å²) in [5.41, 5.74) is 1.56. The van der Waals surface area contributed by atoms with Gasteiger partial charge in [0.25, 0.3) is 0 Å². The number of hydrogen-bond acceptors (Lipinski definition) is 3. The Kier molecular flexibility index (Phi) is 6.72. The van der Waals surface area contributed by atoms with Gasteiger partial charge in [0, 0.05) is 12.1 Å². The average molecular weight is 297 g/mol. The minimum absolute atomic E-state index is 0.0205. The van der Waals surface area contributed by atoms with Crippen molar-refractivity contribution in [3.8, 4) is 0 Å². The Morgan fingerprint density at radius 2 is 1.52 bits per heavy atom. The van der Waals surface area contributed by atoms with Crippen LogP contribution in [0.2, 0.25) is 0 Å². The molecule has 0 aliphatic rings. The lowest BCUT2D eigenvalue weighted by Crippen LogP contribution is -2.43. The molecule has 0 aliphatic carbocycles. The molecule has 0 radical (unpaired) electrons. The summed E-state index contributed by atoms with van der Waals surface area (Å²) in [7, 11) is 0. The molecule has 0 heterocycles. The number of carbonyl (C=O) groups is 1. The Balaban J connectivity index is 5.45. The van der Waals surface area contributed by atoms with E-state index in [1.165, 1.54) is 0 Å². The van der Waals surface area contributed by atoms with Gasteiger partial charge in [-0.1, -0.05) is 26.5 Å². The van der Waals surface area contributed by atoms with Gasteiger partial charge in [-0.15, -0.1) is 0 Å². The van der Waals surface area contributed by atoms with Crippen LogP contribution in [0.25, 0.3) is 0 Å². The zero-order chi connectivity index (χ0) is 17.0. The molecule has 21 heavy (non-hydrogen) atoms. The van der Waals surface area contributed by atoms with Crippen LogP contribution in [0.15, 0.2) is 17.6 Å². The van der Waals surface area contributed by atoms with Gasteiger partial charge in [0.15, 0.2) is 5.76 Å². The maximum atomic E-state index is 12.3. The molecule has 4 nitrogen and oxygen atoms in total. The lowest BCUT2D eigenvalue weighted by atomic mass is 9.96. The van der Waals surface area contributed by atoms with E-state index in [1.54, 1.807) is 24.8 Å². The first-order valence-corrected chi connectivity index (χ1v) is 7.46. The van der Waals surface area contributed by atoms with Gasteiger partial charge in [-0.2, -0.15) is 0 Å². The standard InChI is InChI=1S/C17H31NO3/c1-12(2)18(13(3)4)15(19)21-14(17(8,9)20)10-11-16(5,6)7/h11-13,20H,1-9H3. The van der Waals surface area contributed by atoms with Crippen molar-refractivity contribution < 1.29 is 14.6 Å². The number of ether oxygens (including phenoxy) is 1. The van der Waals surface area contributed by atoms with E-state index in [2.05, 4.69) is 5.73 Å². The summed E-state index contributed by atoms with van der Waals surface area (Å²) in [5.74, 6) is 0.133. The second-order valence-electron chi connectivity index (χ2n) is 7.51. The van der Waals surface area contributed by atoms with Gasteiger partial charge in [-0.25, -0.2) is 4.79 Å². The second-order valence-corrected chi connectivity index (χ2v) is 7.51. The van der Waals surface area contributed by atoms with E-state index < -0.39 is 11.7 Å². The van der Waals surface area contributed by atoms with E-state index in [4.69, 9.17) is 4.74 Å². The number of nitrogens with zero attached hydrogens (tertiary/aromatic N) is 1. The first-order chi connectivity index (χ1) is 9.25. The van der Waals surface area contributed by atoms with Crippen LogP contribution in [0.5, 0.6) is 0 Å². The predicted octanol–water partition coefficient (Wildman–Crippen LogP) is 4.10. The summed E-state index contributed by atoms with van der Waals surface area (Å²) in [4.78, 5) is 14.0. The third-order valence-corrected chi connectivity index (χ3v) is 2.70. The predicted molar refractivity (Wildman–Crippen MR) is 85.9 cm³/mol. The molecule has 0 atom stereocenters. The van der Waals surface area contributed by atoms with Gasteiger partial charge in [0.1, 0.15) is 5.60 Å². The molecule has 0 aromatic rings. The van der Waals surface area contributed by atoms with E-state index in [0.29, 0.717) is 0 Å². The Hall–Kier alpha value is -1.25. The molecule has 0 bridgehead atoms.